The second kappa shape index (κ2) is 11.0. The van der Waals surface area contributed by atoms with Gasteiger partial charge in [-0.25, -0.2) is 4.39 Å². The van der Waals surface area contributed by atoms with Gasteiger partial charge in [-0.1, -0.05) is 32.0 Å². The number of fused-ring (bicyclic) bond motifs is 3. The molecule has 45 heavy (non-hydrogen) atoms. The van der Waals surface area contributed by atoms with Gasteiger partial charge in [-0.2, -0.15) is 0 Å². The van der Waals surface area contributed by atoms with Gasteiger partial charge in [0.05, 0.1) is 50.0 Å². The SMILES string of the molecule is CC(C)Cc1nc2c(c(-c3cc4nccc(N[C@H]5CCc6ncccc65)c4s3)c1C(N)=O)C(=O)N[C@]2(C)Cc1ccc(F)cc1. The smallest absolute Gasteiger partial charge is 0.254 e. The summed E-state index contributed by atoms with van der Waals surface area (Å²) in [6.45, 7) is 6.03. The van der Waals surface area contributed by atoms with E-state index in [9.17, 15) is 14.0 Å². The monoisotopic (exact) mass is 620 g/mol. The van der Waals surface area contributed by atoms with E-state index in [-0.39, 0.29) is 29.2 Å². The number of amides is 2. The zero-order valence-electron chi connectivity index (χ0n) is 25.3. The van der Waals surface area contributed by atoms with E-state index in [2.05, 4.69) is 40.5 Å². The highest BCUT2D eigenvalue weighted by Gasteiger charge is 2.44. The van der Waals surface area contributed by atoms with E-state index in [0.29, 0.717) is 35.4 Å². The Kier molecular flexibility index (Phi) is 7.12. The minimum atomic E-state index is -0.882. The maximum Gasteiger partial charge on any atom is 0.254 e. The van der Waals surface area contributed by atoms with Crippen LogP contribution in [-0.4, -0.2) is 26.8 Å². The van der Waals surface area contributed by atoms with Crippen LogP contribution < -0.4 is 16.4 Å². The van der Waals surface area contributed by atoms with Gasteiger partial charge in [0.2, 0.25) is 0 Å². The quantitative estimate of drug-likeness (QED) is 0.182. The lowest BCUT2D eigenvalue weighted by Gasteiger charge is -2.26. The van der Waals surface area contributed by atoms with E-state index < -0.39 is 11.4 Å². The number of nitrogens with one attached hydrogen (secondary N) is 2. The third kappa shape index (κ3) is 5.12. The summed E-state index contributed by atoms with van der Waals surface area (Å²) in [6, 6.07) is 14.3. The second-order valence-electron chi connectivity index (χ2n) is 12.5. The lowest BCUT2D eigenvalue weighted by molar-refractivity contribution is 0.0935. The lowest BCUT2D eigenvalue weighted by atomic mass is 9.86. The summed E-state index contributed by atoms with van der Waals surface area (Å²) in [6.07, 6.45) is 6.34. The first-order valence-corrected chi connectivity index (χ1v) is 16.0. The normalized spacial score (nSPS) is 18.7. The number of rotatable bonds is 8. The molecule has 1 aliphatic heterocycles. The number of aromatic nitrogens is 3. The number of halogens is 1. The van der Waals surface area contributed by atoms with Crippen molar-refractivity contribution in [2.24, 2.45) is 11.7 Å². The maximum atomic E-state index is 13.9. The van der Waals surface area contributed by atoms with Crippen molar-refractivity contribution in [1.29, 1.82) is 0 Å². The molecule has 0 unspecified atom stereocenters. The molecular formula is C35H33FN6O2S. The Morgan fingerprint density at radius 1 is 1.16 bits per heavy atom. The number of anilines is 1. The highest BCUT2D eigenvalue weighted by atomic mass is 32.1. The predicted molar refractivity (Wildman–Crippen MR) is 174 cm³/mol. The van der Waals surface area contributed by atoms with Gasteiger partial charge < -0.3 is 16.4 Å². The van der Waals surface area contributed by atoms with Gasteiger partial charge in [0.25, 0.3) is 11.8 Å². The molecule has 0 fully saturated rings. The molecule has 7 rings (SSSR count). The van der Waals surface area contributed by atoms with Crippen molar-refractivity contribution >= 4 is 39.1 Å². The predicted octanol–water partition coefficient (Wildman–Crippen LogP) is 6.49. The molecule has 2 amide bonds. The fourth-order valence-electron chi connectivity index (χ4n) is 6.74. The van der Waals surface area contributed by atoms with Gasteiger partial charge in [0.15, 0.2) is 0 Å². The number of hydrogen-bond donors (Lipinski definition) is 3. The summed E-state index contributed by atoms with van der Waals surface area (Å²) in [5, 5.41) is 6.85. The van der Waals surface area contributed by atoms with Crippen molar-refractivity contribution in [3.8, 4) is 10.4 Å². The number of nitrogens with two attached hydrogens (primary N) is 1. The zero-order chi connectivity index (χ0) is 31.5. The average Bonchev–Trinajstić information content (AvgIpc) is 3.68. The first-order chi connectivity index (χ1) is 21.6. The molecule has 0 bridgehead atoms. The van der Waals surface area contributed by atoms with Crippen LogP contribution in [0.5, 0.6) is 0 Å². The van der Waals surface area contributed by atoms with E-state index in [1.807, 2.05) is 31.3 Å². The van der Waals surface area contributed by atoms with Crippen LogP contribution >= 0.6 is 11.3 Å². The van der Waals surface area contributed by atoms with Gasteiger partial charge in [-0.15, -0.1) is 11.3 Å². The number of primary amides is 1. The van der Waals surface area contributed by atoms with E-state index in [4.69, 9.17) is 10.7 Å². The molecule has 228 valence electrons. The van der Waals surface area contributed by atoms with Gasteiger partial charge in [-0.3, -0.25) is 24.5 Å². The molecule has 5 aromatic rings. The Bertz CT molecular complexity index is 1990. The fraction of sp³-hybridized carbons (Fsp3) is 0.286. The molecular weight excluding hydrogens is 587 g/mol. The summed E-state index contributed by atoms with van der Waals surface area (Å²) in [7, 11) is 0. The number of benzene rings is 1. The summed E-state index contributed by atoms with van der Waals surface area (Å²) in [5.41, 5.74) is 12.3. The molecule has 5 heterocycles. The van der Waals surface area contributed by atoms with Gasteiger partial charge >= 0.3 is 0 Å². The Morgan fingerprint density at radius 3 is 2.71 bits per heavy atom. The number of pyridine rings is 3. The van der Waals surface area contributed by atoms with E-state index in [1.165, 1.54) is 29.0 Å². The van der Waals surface area contributed by atoms with Crippen LogP contribution in [0.15, 0.2) is 60.9 Å². The maximum absolute atomic E-state index is 13.9. The molecule has 0 saturated carbocycles. The molecule has 8 nitrogen and oxygen atoms in total. The summed E-state index contributed by atoms with van der Waals surface area (Å²) < 4.78 is 14.6. The van der Waals surface area contributed by atoms with Crippen molar-refractivity contribution in [1.82, 2.24) is 20.3 Å². The Labute approximate surface area is 264 Å². The van der Waals surface area contributed by atoms with Gasteiger partial charge in [0.1, 0.15) is 5.82 Å². The minimum Gasteiger partial charge on any atom is -0.377 e. The molecule has 0 saturated heterocycles. The molecule has 4 N–H and O–H groups in total. The molecule has 0 spiro atoms. The van der Waals surface area contributed by atoms with E-state index in [1.54, 1.807) is 18.3 Å². The lowest BCUT2D eigenvalue weighted by Crippen LogP contribution is -2.39. The van der Waals surface area contributed by atoms with Gasteiger partial charge in [0, 0.05) is 34.9 Å². The fourth-order valence-corrected chi connectivity index (χ4v) is 7.89. The highest BCUT2D eigenvalue weighted by molar-refractivity contribution is 7.22. The number of carbonyl (C=O) groups excluding carboxylic acids is 2. The Morgan fingerprint density at radius 2 is 1.96 bits per heavy atom. The van der Waals surface area contributed by atoms with Crippen LogP contribution in [0.1, 0.15) is 82.2 Å². The van der Waals surface area contributed by atoms with Crippen LogP contribution in [0.4, 0.5) is 10.1 Å². The zero-order valence-corrected chi connectivity index (χ0v) is 26.1. The number of aryl methyl sites for hydroxylation is 1. The largest absolute Gasteiger partial charge is 0.377 e. The molecule has 2 atom stereocenters. The van der Waals surface area contributed by atoms with Crippen molar-refractivity contribution in [2.45, 2.75) is 58.0 Å². The average molecular weight is 621 g/mol. The standard InChI is InChI=1S/C35H33FN6O2S/c1-18(2)15-25-28(33(37)43)29(30-32(41-25)35(3,42-34(30)44)17-19-6-8-20(36)9-7-19)27-16-26-31(45-27)24(12-14-39-26)40-23-11-10-22-21(23)5-4-13-38-22/h4-9,12-14,16,18,23H,10-11,15,17H2,1-3H3,(H2,37,43)(H,39,40)(H,42,44)/t23-,35+/m0/s1. The minimum absolute atomic E-state index is 0.117. The molecule has 0 radical (unpaired) electrons. The molecule has 4 aromatic heterocycles. The summed E-state index contributed by atoms with van der Waals surface area (Å²) in [4.78, 5) is 42.0. The summed E-state index contributed by atoms with van der Waals surface area (Å²) in [5.74, 6) is -1.10. The third-order valence-electron chi connectivity index (χ3n) is 8.69. The van der Waals surface area contributed by atoms with Crippen molar-refractivity contribution in [3.05, 3.63) is 106 Å². The van der Waals surface area contributed by atoms with Gasteiger partial charge in [-0.05, 0) is 73.6 Å². The Hall–Kier alpha value is -4.70. The first kappa shape index (κ1) is 29.0. The Balaban J connectivity index is 1.39. The molecule has 1 aromatic carbocycles. The number of carbonyl (C=O) groups is 2. The highest BCUT2D eigenvalue weighted by Crippen LogP contribution is 2.46. The van der Waals surface area contributed by atoms with Crippen LogP contribution in [0.25, 0.3) is 20.7 Å². The molecule has 10 heteroatoms. The van der Waals surface area contributed by atoms with Crippen LogP contribution in [0.3, 0.4) is 0 Å². The van der Waals surface area contributed by atoms with Crippen molar-refractivity contribution in [2.75, 3.05) is 5.32 Å². The van der Waals surface area contributed by atoms with E-state index in [0.717, 1.165) is 44.9 Å². The molecule has 2 aliphatic rings. The number of thiophene rings is 1. The summed E-state index contributed by atoms with van der Waals surface area (Å²) >= 11 is 1.48. The molecule has 1 aliphatic carbocycles. The van der Waals surface area contributed by atoms with Crippen LogP contribution in [0.2, 0.25) is 0 Å². The number of hydrogen-bond acceptors (Lipinski definition) is 7. The van der Waals surface area contributed by atoms with E-state index >= 15 is 0 Å². The van der Waals surface area contributed by atoms with Crippen molar-refractivity contribution < 1.29 is 14.0 Å². The van der Waals surface area contributed by atoms with Crippen molar-refractivity contribution in [3.63, 3.8) is 0 Å². The third-order valence-corrected chi connectivity index (χ3v) is 9.86. The number of nitrogens with zero attached hydrogens (tertiary/aromatic N) is 3. The van der Waals surface area contributed by atoms with Crippen LogP contribution in [-0.2, 0) is 24.8 Å². The first-order valence-electron chi connectivity index (χ1n) is 15.1. The topological polar surface area (TPSA) is 123 Å². The van der Waals surface area contributed by atoms with Crippen LogP contribution in [0, 0.1) is 11.7 Å². The second-order valence-corrected chi connectivity index (χ2v) is 13.6.